The molecule has 2 saturated carbocycles. The SMILES string of the molecule is O=C(CCl)CC1CCC1.OC1CCC1.[CH2-]C.[CH3-].[I][V][I].[V]. The first-order chi connectivity index (χ1) is 9.13. The number of aliphatic hydroxyl groups excluding tert-OH is 1. The standard InChI is InChI=1S/C7H11ClO.C4H8O.C2H5.CH3.2HI.2V/c8-5-7(9)4-6-2-1-3-6;5-4-2-1-3-4;1-2;;;;;/h6H,1-5H2;4-5H,1-3H2;1H2,2H3;1H3;2*1H;;/q;;2*-1;;;;+2/p-2. The minimum Gasteiger partial charge on any atom is 0 e. The molecule has 2 aliphatic carbocycles. The maximum Gasteiger partial charge on any atom is 0 e. The third kappa shape index (κ3) is 22.5. The van der Waals surface area contributed by atoms with Gasteiger partial charge in [0.2, 0.25) is 0 Å². The van der Waals surface area contributed by atoms with Gasteiger partial charge >= 0.3 is 49.4 Å². The van der Waals surface area contributed by atoms with Crippen LogP contribution in [0.5, 0.6) is 0 Å². The average Bonchev–Trinajstić information content (AvgIpc) is 2.35. The van der Waals surface area contributed by atoms with Crippen molar-refractivity contribution in [1.82, 2.24) is 0 Å². The number of rotatable bonds is 3. The van der Waals surface area contributed by atoms with Crippen LogP contribution in [0.25, 0.3) is 0 Å². The van der Waals surface area contributed by atoms with Gasteiger partial charge in [0.1, 0.15) is 5.78 Å². The number of aliphatic hydroxyl groups is 1. The summed E-state index contributed by atoms with van der Waals surface area (Å²) in [5.41, 5.74) is 0. The Balaban J connectivity index is -0.000000104. The van der Waals surface area contributed by atoms with E-state index in [2.05, 4.69) is 46.9 Å². The Labute approximate surface area is 177 Å². The van der Waals surface area contributed by atoms with E-state index < -0.39 is 0 Å². The van der Waals surface area contributed by atoms with Gasteiger partial charge in [-0.1, -0.05) is 19.3 Å². The number of carbonyl (C=O) groups is 1. The van der Waals surface area contributed by atoms with Crippen molar-refractivity contribution in [3.05, 3.63) is 14.4 Å². The Morgan fingerprint density at radius 2 is 1.57 bits per heavy atom. The molecule has 0 aromatic rings. The summed E-state index contributed by atoms with van der Waals surface area (Å²) < 4.78 is 0. The summed E-state index contributed by atoms with van der Waals surface area (Å²) in [4.78, 5) is 10.7. The quantitative estimate of drug-likeness (QED) is 0.255. The topological polar surface area (TPSA) is 37.3 Å². The Hall–Kier alpha value is 2.55. The van der Waals surface area contributed by atoms with Gasteiger partial charge in [-0.15, -0.1) is 11.6 Å². The van der Waals surface area contributed by atoms with Gasteiger partial charge in [0.05, 0.1) is 12.0 Å². The Bertz CT molecular complexity index is 205. The third-order valence-electron chi connectivity index (χ3n) is 2.96. The van der Waals surface area contributed by atoms with Crippen molar-refractivity contribution in [3.63, 3.8) is 0 Å². The number of hydrogen-bond acceptors (Lipinski definition) is 2. The van der Waals surface area contributed by atoms with Crippen LogP contribution in [-0.2, 0) is 32.8 Å². The molecule has 1 radical (unpaired) electrons. The molecule has 0 bridgehead atoms. The molecule has 21 heavy (non-hydrogen) atoms. The van der Waals surface area contributed by atoms with Gasteiger partial charge in [-0.05, 0) is 25.2 Å². The predicted octanol–water partition coefficient (Wildman–Crippen LogP) is 5.57. The minimum absolute atomic E-state index is 0. The third-order valence-corrected chi connectivity index (χ3v) is 3.26. The molecule has 7 heteroatoms. The van der Waals surface area contributed by atoms with Crippen LogP contribution in [0.1, 0.15) is 51.9 Å². The molecule has 1 N–H and O–H groups in total. The van der Waals surface area contributed by atoms with Crippen molar-refractivity contribution < 1.29 is 37.9 Å². The van der Waals surface area contributed by atoms with Crippen LogP contribution in [0.3, 0.4) is 0 Å². The summed E-state index contributed by atoms with van der Waals surface area (Å²) in [6.07, 6.45) is 7.89. The molecular weight excluding hydrogens is 591 g/mol. The molecule has 0 aliphatic heterocycles. The normalized spacial score (nSPS) is 15.3. The Morgan fingerprint density at radius 3 is 1.71 bits per heavy atom. The Kier molecular flexibility index (Phi) is 37.0. The van der Waals surface area contributed by atoms with Crippen molar-refractivity contribution in [2.24, 2.45) is 5.92 Å². The molecule has 2 aliphatic rings. The van der Waals surface area contributed by atoms with Crippen molar-refractivity contribution in [1.29, 1.82) is 0 Å². The second-order valence-electron chi connectivity index (χ2n) is 4.32. The number of Topliss-reactive ketones (excluding diaryl/α,β-unsaturated/α-hetero) is 1. The molecule has 128 valence electrons. The van der Waals surface area contributed by atoms with Crippen LogP contribution >= 0.6 is 51.6 Å². The smallest absolute Gasteiger partial charge is 0 e. The zero-order valence-electron chi connectivity index (χ0n) is 12.9. The maximum absolute atomic E-state index is 10.7. The zero-order chi connectivity index (χ0) is 15.1. The van der Waals surface area contributed by atoms with Crippen molar-refractivity contribution in [3.8, 4) is 0 Å². The maximum atomic E-state index is 10.7. The number of hydrogen-bond donors (Lipinski definition) is 1. The Morgan fingerprint density at radius 1 is 1.24 bits per heavy atom. The first-order valence-electron chi connectivity index (χ1n) is 6.52. The van der Waals surface area contributed by atoms with Crippen molar-refractivity contribution >= 4 is 57.3 Å². The van der Waals surface area contributed by atoms with Crippen LogP contribution in [-0.4, -0.2) is 22.9 Å². The molecule has 0 heterocycles. The fraction of sp³-hybridized carbons (Fsp3) is 0.786. The number of carbonyl (C=O) groups excluding carboxylic acids is 1. The fourth-order valence-corrected chi connectivity index (χ4v) is 1.57. The zero-order valence-corrected chi connectivity index (χ0v) is 20.8. The van der Waals surface area contributed by atoms with Crippen LogP contribution in [0, 0.1) is 20.3 Å². The van der Waals surface area contributed by atoms with E-state index in [1.807, 2.05) is 0 Å². The first kappa shape index (κ1) is 31.3. The molecule has 2 rings (SSSR count). The van der Waals surface area contributed by atoms with Gasteiger partial charge in [0, 0.05) is 25.0 Å². The molecule has 0 aromatic carbocycles. The predicted molar refractivity (Wildman–Crippen MR) is 103 cm³/mol. The van der Waals surface area contributed by atoms with Crippen molar-refractivity contribution in [2.75, 3.05) is 5.88 Å². The van der Waals surface area contributed by atoms with E-state index in [0.29, 0.717) is 15.4 Å². The van der Waals surface area contributed by atoms with Gasteiger partial charge in [0.15, 0.2) is 0 Å². The van der Waals surface area contributed by atoms with E-state index in [0.717, 1.165) is 19.3 Å². The molecule has 2 nitrogen and oxygen atoms in total. The first-order valence-corrected chi connectivity index (χ1v) is 16.1. The van der Waals surface area contributed by atoms with E-state index in [1.54, 1.807) is 6.92 Å². The summed E-state index contributed by atoms with van der Waals surface area (Å²) in [7, 11) is 0.628. The van der Waals surface area contributed by atoms with E-state index in [1.165, 1.54) is 25.7 Å². The van der Waals surface area contributed by atoms with Gasteiger partial charge in [-0.2, -0.15) is 6.92 Å². The van der Waals surface area contributed by atoms with Crippen LogP contribution in [0.4, 0.5) is 0 Å². The molecule has 0 atom stereocenters. The number of ketones is 1. The summed E-state index contributed by atoms with van der Waals surface area (Å²) in [6, 6.07) is 0. The summed E-state index contributed by atoms with van der Waals surface area (Å²) in [5.74, 6) is 1.09. The van der Waals surface area contributed by atoms with Gasteiger partial charge in [0.25, 0.3) is 0 Å². The molecule has 0 amide bonds. The number of alkyl halides is 1. The summed E-state index contributed by atoms with van der Waals surface area (Å²) in [6.45, 7) is 5.00. The van der Waals surface area contributed by atoms with Gasteiger partial charge in [-0.25, -0.2) is 0 Å². The molecule has 0 saturated heterocycles. The number of halogens is 3. The van der Waals surface area contributed by atoms with Crippen LogP contribution in [0.15, 0.2) is 0 Å². The second kappa shape index (κ2) is 24.8. The van der Waals surface area contributed by atoms with E-state index in [9.17, 15) is 4.79 Å². The molecule has 0 aromatic heterocycles. The minimum atomic E-state index is 0. The average molecular weight is 619 g/mol. The monoisotopic (exact) mass is 618 g/mol. The van der Waals surface area contributed by atoms with Gasteiger partial charge < -0.3 is 19.5 Å². The molecule has 2 fully saturated rings. The largest absolute Gasteiger partial charge is 0 e. The fourth-order valence-electron chi connectivity index (χ4n) is 1.46. The van der Waals surface area contributed by atoms with Crippen LogP contribution < -0.4 is 0 Å². The molecule has 0 unspecified atom stereocenters. The summed E-state index contributed by atoms with van der Waals surface area (Å²) >= 11 is 10.1. The molecule has 0 spiro atoms. The second-order valence-corrected chi connectivity index (χ2v) is 16.4. The van der Waals surface area contributed by atoms with Crippen LogP contribution in [0.2, 0.25) is 0 Å². The molecular formula is C14H27ClI2O2V2-2. The van der Waals surface area contributed by atoms with E-state index in [4.69, 9.17) is 16.7 Å². The van der Waals surface area contributed by atoms with E-state index in [-0.39, 0.29) is 43.7 Å². The van der Waals surface area contributed by atoms with Crippen molar-refractivity contribution in [2.45, 2.75) is 58.0 Å². The van der Waals surface area contributed by atoms with Gasteiger partial charge in [-0.3, -0.25) is 4.79 Å². The van der Waals surface area contributed by atoms with E-state index >= 15 is 0 Å². The summed E-state index contributed by atoms with van der Waals surface area (Å²) in [5, 5.41) is 8.45.